The van der Waals surface area contributed by atoms with E-state index < -0.39 is 0 Å². The molecule has 0 bridgehead atoms. The zero-order valence-corrected chi connectivity index (χ0v) is 15.4. The maximum Gasteiger partial charge on any atom is 0.260 e. The Morgan fingerprint density at radius 1 is 1.31 bits per heavy atom. The molecule has 2 aromatic heterocycles. The minimum absolute atomic E-state index is 0.0271. The highest BCUT2D eigenvalue weighted by Gasteiger charge is 2.26. The number of carbonyl (C=O) groups is 1. The number of rotatable bonds is 2. The van der Waals surface area contributed by atoms with Gasteiger partial charge in [0.05, 0.1) is 17.5 Å². The Hall–Kier alpha value is -2.89. The molecular weight excluding hydrogens is 326 g/mol. The van der Waals surface area contributed by atoms with Gasteiger partial charge in [-0.25, -0.2) is 9.67 Å². The van der Waals surface area contributed by atoms with Crippen molar-refractivity contribution < 1.29 is 4.79 Å². The number of carbonyl (C=O) groups excluding carboxylic acids is 1. The molecule has 134 valence electrons. The molecule has 1 aromatic carbocycles. The molecule has 0 spiro atoms. The fourth-order valence-corrected chi connectivity index (χ4v) is 3.67. The Bertz CT molecular complexity index is 1000. The summed E-state index contributed by atoms with van der Waals surface area (Å²) < 4.78 is 1.88. The van der Waals surface area contributed by atoms with Gasteiger partial charge in [-0.15, -0.1) is 0 Å². The lowest BCUT2D eigenvalue weighted by atomic mass is 9.98. The average molecular weight is 349 g/mol. The van der Waals surface area contributed by atoms with Crippen LogP contribution < -0.4 is 10.6 Å². The largest absolute Gasteiger partial charge is 0.398 e. The SMILES string of the molecule is Cc1nc2c(cnn2C(C)C)cc1C(=O)N1CCCc2c(N)cccc21. The second-order valence-electron chi connectivity index (χ2n) is 7.12. The van der Waals surface area contributed by atoms with Crippen molar-refractivity contribution in [2.45, 2.75) is 39.7 Å². The number of hydrogen-bond donors (Lipinski definition) is 1. The average Bonchev–Trinajstić information content (AvgIpc) is 3.03. The van der Waals surface area contributed by atoms with E-state index in [2.05, 4.69) is 23.9 Å². The molecule has 3 heterocycles. The topological polar surface area (TPSA) is 77.0 Å². The first-order valence-corrected chi connectivity index (χ1v) is 9.01. The summed E-state index contributed by atoms with van der Waals surface area (Å²) in [7, 11) is 0. The molecule has 0 atom stereocenters. The number of hydrogen-bond acceptors (Lipinski definition) is 4. The molecule has 0 saturated heterocycles. The van der Waals surface area contributed by atoms with Gasteiger partial charge in [-0.2, -0.15) is 5.10 Å². The van der Waals surface area contributed by atoms with Crippen LogP contribution in [-0.4, -0.2) is 27.2 Å². The Morgan fingerprint density at radius 2 is 2.12 bits per heavy atom. The van der Waals surface area contributed by atoms with E-state index in [-0.39, 0.29) is 11.9 Å². The Kier molecular flexibility index (Phi) is 3.90. The van der Waals surface area contributed by atoms with E-state index in [1.165, 1.54) is 0 Å². The van der Waals surface area contributed by atoms with Gasteiger partial charge in [-0.3, -0.25) is 4.79 Å². The summed E-state index contributed by atoms with van der Waals surface area (Å²) in [5, 5.41) is 5.30. The molecule has 0 saturated carbocycles. The zero-order chi connectivity index (χ0) is 18.4. The molecule has 0 radical (unpaired) electrons. The van der Waals surface area contributed by atoms with Gasteiger partial charge in [0.1, 0.15) is 0 Å². The number of fused-ring (bicyclic) bond motifs is 2. The maximum absolute atomic E-state index is 13.3. The fraction of sp³-hybridized carbons (Fsp3) is 0.350. The van der Waals surface area contributed by atoms with Gasteiger partial charge < -0.3 is 10.6 Å². The van der Waals surface area contributed by atoms with Crippen LogP contribution in [0.2, 0.25) is 0 Å². The summed E-state index contributed by atoms with van der Waals surface area (Å²) in [5.74, 6) is -0.0271. The van der Waals surface area contributed by atoms with E-state index in [4.69, 9.17) is 5.73 Å². The first-order chi connectivity index (χ1) is 12.5. The fourth-order valence-electron chi connectivity index (χ4n) is 3.67. The molecule has 26 heavy (non-hydrogen) atoms. The molecule has 6 heteroatoms. The van der Waals surface area contributed by atoms with Crippen LogP contribution in [-0.2, 0) is 6.42 Å². The van der Waals surface area contributed by atoms with Crippen molar-refractivity contribution in [3.8, 4) is 0 Å². The van der Waals surface area contributed by atoms with Gasteiger partial charge in [-0.05, 0) is 57.4 Å². The zero-order valence-electron chi connectivity index (χ0n) is 15.4. The summed E-state index contributed by atoms with van der Waals surface area (Å²) >= 11 is 0. The molecule has 0 aliphatic carbocycles. The number of aromatic nitrogens is 3. The Morgan fingerprint density at radius 3 is 2.88 bits per heavy atom. The van der Waals surface area contributed by atoms with Gasteiger partial charge in [-0.1, -0.05) is 6.07 Å². The minimum Gasteiger partial charge on any atom is -0.398 e. The minimum atomic E-state index is -0.0271. The monoisotopic (exact) mass is 349 g/mol. The third-order valence-corrected chi connectivity index (χ3v) is 5.01. The first kappa shape index (κ1) is 16.6. The van der Waals surface area contributed by atoms with Crippen molar-refractivity contribution in [1.29, 1.82) is 0 Å². The second-order valence-corrected chi connectivity index (χ2v) is 7.12. The Balaban J connectivity index is 1.78. The molecule has 4 rings (SSSR count). The Labute approximate surface area is 152 Å². The van der Waals surface area contributed by atoms with Crippen molar-refractivity contribution in [3.05, 3.63) is 47.3 Å². The van der Waals surface area contributed by atoms with Crippen molar-refractivity contribution >= 4 is 28.3 Å². The summed E-state index contributed by atoms with van der Waals surface area (Å²) in [5.41, 5.74) is 11.0. The lowest BCUT2D eigenvalue weighted by Gasteiger charge is -2.30. The quantitative estimate of drug-likeness (QED) is 0.718. The summed E-state index contributed by atoms with van der Waals surface area (Å²) in [6.45, 7) is 6.71. The van der Waals surface area contributed by atoms with Gasteiger partial charge in [0, 0.05) is 29.3 Å². The van der Waals surface area contributed by atoms with E-state index in [9.17, 15) is 4.79 Å². The van der Waals surface area contributed by atoms with Crippen LogP contribution in [0.5, 0.6) is 0 Å². The predicted octanol–water partition coefficient (Wildman–Crippen LogP) is 3.50. The predicted molar refractivity (Wildman–Crippen MR) is 104 cm³/mol. The van der Waals surface area contributed by atoms with Crippen LogP contribution in [0.1, 0.15) is 47.9 Å². The van der Waals surface area contributed by atoms with Gasteiger partial charge in [0.25, 0.3) is 5.91 Å². The van der Waals surface area contributed by atoms with E-state index in [1.54, 1.807) is 6.20 Å². The smallest absolute Gasteiger partial charge is 0.260 e. The number of aryl methyl sites for hydroxylation is 1. The lowest BCUT2D eigenvalue weighted by Crippen LogP contribution is -2.36. The molecular formula is C20H23N5O. The number of nitrogens with zero attached hydrogens (tertiary/aromatic N) is 4. The number of pyridine rings is 1. The third kappa shape index (κ3) is 2.53. The van der Waals surface area contributed by atoms with Crippen LogP contribution >= 0.6 is 0 Å². The van der Waals surface area contributed by atoms with E-state index in [0.717, 1.165) is 46.5 Å². The maximum atomic E-state index is 13.3. The van der Waals surface area contributed by atoms with Crippen molar-refractivity contribution in [2.75, 3.05) is 17.2 Å². The number of benzene rings is 1. The van der Waals surface area contributed by atoms with Gasteiger partial charge in [0.15, 0.2) is 5.65 Å². The van der Waals surface area contributed by atoms with Crippen LogP contribution in [0.15, 0.2) is 30.5 Å². The molecule has 1 aliphatic heterocycles. The summed E-state index contributed by atoms with van der Waals surface area (Å²) in [6.07, 6.45) is 3.59. The van der Waals surface area contributed by atoms with Crippen molar-refractivity contribution in [2.24, 2.45) is 0 Å². The molecule has 2 N–H and O–H groups in total. The molecule has 1 amide bonds. The standard InChI is InChI=1S/C20H23N5O/c1-12(2)25-19-14(11-22-25)10-16(13(3)23-19)20(26)24-9-5-6-15-17(21)7-4-8-18(15)24/h4,7-8,10-12H,5-6,9,21H2,1-3H3. The normalized spacial score (nSPS) is 14.1. The van der Waals surface area contributed by atoms with E-state index in [0.29, 0.717) is 12.1 Å². The third-order valence-electron chi connectivity index (χ3n) is 5.01. The van der Waals surface area contributed by atoms with E-state index in [1.807, 2.05) is 40.8 Å². The molecule has 6 nitrogen and oxygen atoms in total. The van der Waals surface area contributed by atoms with Gasteiger partial charge >= 0.3 is 0 Å². The summed E-state index contributed by atoms with van der Waals surface area (Å²) in [4.78, 5) is 19.8. The highest BCUT2D eigenvalue weighted by atomic mass is 16.2. The lowest BCUT2D eigenvalue weighted by molar-refractivity contribution is 0.0984. The number of amides is 1. The summed E-state index contributed by atoms with van der Waals surface area (Å²) in [6, 6.07) is 7.90. The van der Waals surface area contributed by atoms with Crippen LogP contribution in [0.3, 0.4) is 0 Å². The molecule has 1 aliphatic rings. The van der Waals surface area contributed by atoms with E-state index >= 15 is 0 Å². The number of nitrogen functional groups attached to an aromatic ring is 1. The molecule has 0 fully saturated rings. The highest BCUT2D eigenvalue weighted by Crippen LogP contribution is 2.33. The highest BCUT2D eigenvalue weighted by molar-refractivity contribution is 6.09. The van der Waals surface area contributed by atoms with Crippen LogP contribution in [0, 0.1) is 6.92 Å². The van der Waals surface area contributed by atoms with Crippen LogP contribution in [0.4, 0.5) is 11.4 Å². The number of nitrogens with two attached hydrogens (primary N) is 1. The molecule has 0 unspecified atom stereocenters. The number of anilines is 2. The van der Waals surface area contributed by atoms with Crippen LogP contribution in [0.25, 0.3) is 11.0 Å². The van der Waals surface area contributed by atoms with Crippen molar-refractivity contribution in [3.63, 3.8) is 0 Å². The first-order valence-electron chi connectivity index (χ1n) is 9.01. The molecule has 3 aromatic rings. The van der Waals surface area contributed by atoms with Crippen molar-refractivity contribution in [1.82, 2.24) is 14.8 Å². The second kappa shape index (κ2) is 6.12. The van der Waals surface area contributed by atoms with Gasteiger partial charge in [0.2, 0.25) is 0 Å².